The van der Waals surface area contributed by atoms with Crippen LogP contribution in [0, 0.1) is 5.82 Å². The number of aromatic nitrogens is 3. The number of nitrogens with one attached hydrogen (secondary N) is 1. The Hall–Kier alpha value is -2.33. The van der Waals surface area contributed by atoms with E-state index in [1.807, 2.05) is 0 Å². The Morgan fingerprint density at radius 1 is 1.39 bits per heavy atom. The monoisotopic (exact) mass is 342 g/mol. The Labute approximate surface area is 132 Å². The van der Waals surface area contributed by atoms with Crippen LogP contribution in [0.2, 0.25) is 0 Å². The van der Waals surface area contributed by atoms with Crippen molar-refractivity contribution in [3.05, 3.63) is 47.5 Å². The Morgan fingerprint density at radius 2 is 2.04 bits per heavy atom. The van der Waals surface area contributed by atoms with Crippen molar-refractivity contribution in [2.24, 2.45) is 0 Å². The molecule has 2 rings (SSSR count). The number of hydrogen-bond acceptors (Lipinski definition) is 5. The molecule has 1 aromatic heterocycles. The van der Waals surface area contributed by atoms with Crippen molar-refractivity contribution in [2.75, 3.05) is 6.54 Å². The number of aromatic carboxylic acids is 1. The molecule has 1 aromatic carbocycles. The molecule has 2 aromatic rings. The maximum absolute atomic E-state index is 12.9. The minimum absolute atomic E-state index is 0.0241. The van der Waals surface area contributed by atoms with Gasteiger partial charge in [0.25, 0.3) is 0 Å². The zero-order valence-corrected chi connectivity index (χ0v) is 13.0. The van der Waals surface area contributed by atoms with Crippen LogP contribution in [-0.4, -0.2) is 41.0 Å². The second-order valence-corrected chi connectivity index (χ2v) is 6.89. The molecule has 0 amide bonds. The van der Waals surface area contributed by atoms with Gasteiger partial charge in [0.05, 0.1) is 18.0 Å². The Morgan fingerprint density at radius 3 is 2.61 bits per heavy atom. The van der Waals surface area contributed by atoms with Gasteiger partial charge in [-0.2, -0.15) is 0 Å². The number of carboxylic acids is 1. The summed E-state index contributed by atoms with van der Waals surface area (Å²) >= 11 is 0. The molecule has 1 unspecified atom stereocenters. The molecule has 0 saturated heterocycles. The van der Waals surface area contributed by atoms with Gasteiger partial charge < -0.3 is 5.11 Å². The van der Waals surface area contributed by atoms with Gasteiger partial charge in [-0.3, -0.25) is 4.68 Å². The summed E-state index contributed by atoms with van der Waals surface area (Å²) in [7, 11) is -3.66. The minimum atomic E-state index is -3.66. The van der Waals surface area contributed by atoms with Gasteiger partial charge in [0.2, 0.25) is 10.0 Å². The summed E-state index contributed by atoms with van der Waals surface area (Å²) in [4.78, 5) is 10.7. The highest BCUT2D eigenvalue weighted by atomic mass is 32.2. The summed E-state index contributed by atoms with van der Waals surface area (Å²) in [6.07, 6.45) is 1.21. The zero-order chi connectivity index (χ0) is 17.0. The topological polar surface area (TPSA) is 114 Å². The number of carbonyl (C=O) groups is 1. The Bertz CT molecular complexity index is 789. The van der Waals surface area contributed by atoms with E-state index in [0.717, 1.165) is 0 Å². The molecule has 0 aliphatic rings. The summed E-state index contributed by atoms with van der Waals surface area (Å²) in [5.74, 6) is -1.64. The first-order chi connectivity index (χ1) is 10.8. The molecule has 10 heteroatoms. The predicted octanol–water partition coefficient (Wildman–Crippen LogP) is 0.796. The molecule has 23 heavy (non-hydrogen) atoms. The summed E-state index contributed by atoms with van der Waals surface area (Å²) in [6.45, 7) is 1.65. The van der Waals surface area contributed by atoms with Crippen LogP contribution < -0.4 is 4.72 Å². The lowest BCUT2D eigenvalue weighted by molar-refractivity contribution is 0.0690. The van der Waals surface area contributed by atoms with Crippen LogP contribution in [0.4, 0.5) is 4.39 Å². The molecular weight excluding hydrogens is 327 g/mol. The number of halogens is 1. The van der Waals surface area contributed by atoms with Crippen LogP contribution in [0.5, 0.6) is 0 Å². The summed E-state index contributed by atoms with van der Waals surface area (Å²) in [6, 6.07) is 5.22. The van der Waals surface area contributed by atoms with Gasteiger partial charge in [-0.05, 0) is 24.6 Å². The van der Waals surface area contributed by atoms with Gasteiger partial charge in [0, 0.05) is 6.54 Å². The fraction of sp³-hybridized carbons (Fsp3) is 0.308. The number of sulfonamides is 1. The van der Waals surface area contributed by atoms with E-state index < -0.39 is 27.1 Å². The maximum Gasteiger partial charge on any atom is 0.358 e. The highest BCUT2D eigenvalue weighted by Crippen LogP contribution is 2.20. The zero-order valence-electron chi connectivity index (χ0n) is 12.2. The number of nitrogens with zero attached hydrogens (tertiary/aromatic N) is 3. The van der Waals surface area contributed by atoms with Crippen molar-refractivity contribution in [2.45, 2.75) is 18.7 Å². The quantitative estimate of drug-likeness (QED) is 0.769. The lowest BCUT2D eigenvalue weighted by Gasteiger charge is -2.14. The van der Waals surface area contributed by atoms with Gasteiger partial charge in [-0.1, -0.05) is 17.3 Å². The first-order valence-electron chi connectivity index (χ1n) is 6.67. The van der Waals surface area contributed by atoms with Crippen molar-refractivity contribution in [3.63, 3.8) is 0 Å². The van der Waals surface area contributed by atoms with E-state index >= 15 is 0 Å². The summed E-state index contributed by atoms with van der Waals surface area (Å²) < 4.78 is 40.9. The fourth-order valence-corrected chi connectivity index (χ4v) is 2.99. The minimum Gasteiger partial charge on any atom is -0.476 e. The summed E-state index contributed by atoms with van der Waals surface area (Å²) in [5.41, 5.74) is 0.250. The van der Waals surface area contributed by atoms with Gasteiger partial charge in [0.1, 0.15) is 5.82 Å². The average molecular weight is 342 g/mol. The van der Waals surface area contributed by atoms with E-state index in [1.54, 1.807) is 0 Å². The van der Waals surface area contributed by atoms with E-state index in [2.05, 4.69) is 15.0 Å². The Kier molecular flexibility index (Phi) is 5.06. The molecule has 8 nitrogen and oxygen atoms in total. The molecule has 124 valence electrons. The molecule has 1 heterocycles. The van der Waals surface area contributed by atoms with E-state index in [4.69, 9.17) is 5.11 Å². The van der Waals surface area contributed by atoms with Crippen molar-refractivity contribution in [1.29, 1.82) is 0 Å². The first kappa shape index (κ1) is 17.0. The predicted molar refractivity (Wildman–Crippen MR) is 78.7 cm³/mol. The second-order valence-electron chi connectivity index (χ2n) is 4.81. The van der Waals surface area contributed by atoms with E-state index in [1.165, 1.54) is 42.1 Å². The number of benzene rings is 1. The van der Waals surface area contributed by atoms with Crippen molar-refractivity contribution in [1.82, 2.24) is 19.7 Å². The van der Waals surface area contributed by atoms with Crippen LogP contribution >= 0.6 is 0 Å². The molecule has 0 spiro atoms. The van der Waals surface area contributed by atoms with Crippen molar-refractivity contribution >= 4 is 16.0 Å². The molecular formula is C13H15FN4O4S. The molecule has 0 saturated carbocycles. The second kappa shape index (κ2) is 6.84. The molecule has 0 aliphatic carbocycles. The van der Waals surface area contributed by atoms with Gasteiger partial charge in [0.15, 0.2) is 5.69 Å². The van der Waals surface area contributed by atoms with Crippen molar-refractivity contribution < 1.29 is 22.7 Å². The van der Waals surface area contributed by atoms with Gasteiger partial charge in [-0.25, -0.2) is 22.3 Å². The van der Waals surface area contributed by atoms with Crippen LogP contribution in [0.25, 0.3) is 0 Å². The lowest BCUT2D eigenvalue weighted by atomic mass is 10.2. The number of carboxylic acid groups (broad SMARTS) is 1. The standard InChI is InChI=1S/C13H15FN4O4S/c1-9(10-2-4-11(14)5-3-10)23(21,22)15-6-7-18-8-12(13(19)20)16-17-18/h2-5,8-9,15H,6-7H2,1H3,(H,19,20). The van der Waals surface area contributed by atoms with E-state index in [9.17, 15) is 17.6 Å². The van der Waals surface area contributed by atoms with Gasteiger partial charge in [-0.15, -0.1) is 5.10 Å². The number of hydrogen-bond donors (Lipinski definition) is 2. The average Bonchev–Trinajstić information content (AvgIpc) is 2.96. The molecule has 0 radical (unpaired) electrons. The largest absolute Gasteiger partial charge is 0.476 e. The maximum atomic E-state index is 12.9. The third-order valence-electron chi connectivity index (χ3n) is 3.21. The van der Waals surface area contributed by atoms with Crippen LogP contribution in [0.15, 0.2) is 30.5 Å². The third-order valence-corrected chi connectivity index (χ3v) is 5.02. The van der Waals surface area contributed by atoms with Gasteiger partial charge >= 0.3 is 5.97 Å². The fourth-order valence-electron chi connectivity index (χ4n) is 1.85. The molecule has 1 atom stereocenters. The van der Waals surface area contributed by atoms with E-state index in [0.29, 0.717) is 5.56 Å². The third kappa shape index (κ3) is 4.33. The molecule has 2 N–H and O–H groups in total. The number of rotatable bonds is 7. The Balaban J connectivity index is 1.95. The molecule has 0 fully saturated rings. The first-order valence-corrected chi connectivity index (χ1v) is 8.21. The summed E-state index contributed by atoms with van der Waals surface area (Å²) in [5, 5.41) is 14.9. The smallest absolute Gasteiger partial charge is 0.358 e. The van der Waals surface area contributed by atoms with Crippen LogP contribution in [0.1, 0.15) is 28.2 Å². The molecule has 0 aliphatic heterocycles. The highest BCUT2D eigenvalue weighted by molar-refractivity contribution is 7.89. The van der Waals surface area contributed by atoms with Crippen LogP contribution in [-0.2, 0) is 16.6 Å². The normalized spacial score (nSPS) is 13.0. The van der Waals surface area contributed by atoms with Crippen LogP contribution in [0.3, 0.4) is 0 Å². The lowest BCUT2D eigenvalue weighted by Crippen LogP contribution is -2.31. The molecule has 0 bridgehead atoms. The highest BCUT2D eigenvalue weighted by Gasteiger charge is 2.22. The SMILES string of the molecule is CC(c1ccc(F)cc1)S(=O)(=O)NCCn1cc(C(=O)O)nn1. The van der Waals surface area contributed by atoms with Crippen molar-refractivity contribution in [3.8, 4) is 0 Å². The van der Waals surface area contributed by atoms with E-state index in [-0.39, 0.29) is 18.8 Å².